The lowest BCUT2D eigenvalue weighted by Gasteiger charge is -2.33. The van der Waals surface area contributed by atoms with E-state index < -0.39 is 6.04 Å². The maximum Gasteiger partial charge on any atom is 0.243 e. The monoisotopic (exact) mass is 552 g/mol. The molecule has 0 saturated carbocycles. The Bertz CT molecular complexity index is 1290. The van der Waals surface area contributed by atoms with E-state index in [4.69, 9.17) is 11.6 Å². The number of rotatable bonds is 13. The summed E-state index contributed by atoms with van der Waals surface area (Å²) in [6.45, 7) is 2.99. The molecule has 0 unspecified atom stereocenters. The number of nitrogens with one attached hydrogen (secondary N) is 1. The smallest absolute Gasteiger partial charge is 0.243 e. The third kappa shape index (κ3) is 8.30. The zero-order valence-electron chi connectivity index (χ0n) is 23.0. The van der Waals surface area contributed by atoms with Crippen LogP contribution in [-0.2, 0) is 22.6 Å². The molecule has 0 aliphatic heterocycles. The average Bonchev–Trinajstić information content (AvgIpc) is 3.00. The van der Waals surface area contributed by atoms with Crippen LogP contribution in [0.5, 0.6) is 0 Å². The van der Waals surface area contributed by atoms with Crippen LogP contribution in [0.1, 0.15) is 54.4 Å². The van der Waals surface area contributed by atoms with Crippen molar-refractivity contribution < 1.29 is 9.59 Å². The first-order valence-corrected chi connectivity index (χ1v) is 14.4. The van der Waals surface area contributed by atoms with Gasteiger partial charge in [-0.1, -0.05) is 128 Å². The van der Waals surface area contributed by atoms with Crippen molar-refractivity contribution in [1.29, 1.82) is 0 Å². The summed E-state index contributed by atoms with van der Waals surface area (Å²) in [4.78, 5) is 29.8. The number of carbonyl (C=O) groups excluding carboxylic acids is 2. The van der Waals surface area contributed by atoms with E-state index >= 15 is 0 Å². The lowest BCUT2D eigenvalue weighted by atomic mass is 9.87. The number of hydrogen-bond acceptors (Lipinski definition) is 2. The maximum atomic E-state index is 14.4. The van der Waals surface area contributed by atoms with Crippen LogP contribution in [0.3, 0.4) is 0 Å². The number of carbonyl (C=O) groups is 2. The fourth-order valence-electron chi connectivity index (χ4n) is 4.94. The van der Waals surface area contributed by atoms with Gasteiger partial charge >= 0.3 is 0 Å². The third-order valence-corrected chi connectivity index (χ3v) is 7.40. The summed E-state index contributed by atoms with van der Waals surface area (Å²) in [6.07, 6.45) is 2.54. The number of unbranched alkanes of at least 4 members (excludes halogenated alkanes) is 1. The highest BCUT2D eigenvalue weighted by Crippen LogP contribution is 2.30. The number of halogens is 1. The van der Waals surface area contributed by atoms with Gasteiger partial charge in [-0.25, -0.2) is 0 Å². The second kappa shape index (κ2) is 15.0. The Morgan fingerprint density at radius 1 is 0.750 bits per heavy atom. The minimum atomic E-state index is -0.658. The van der Waals surface area contributed by atoms with Crippen LogP contribution >= 0.6 is 11.6 Å². The number of hydrogen-bond donors (Lipinski definition) is 1. The Balaban J connectivity index is 1.71. The second-order valence-electron chi connectivity index (χ2n) is 10.1. The van der Waals surface area contributed by atoms with Gasteiger partial charge in [0.15, 0.2) is 0 Å². The van der Waals surface area contributed by atoms with Gasteiger partial charge in [-0.15, -0.1) is 0 Å². The zero-order chi connectivity index (χ0) is 28.2. The van der Waals surface area contributed by atoms with Gasteiger partial charge in [-0.3, -0.25) is 9.59 Å². The summed E-state index contributed by atoms with van der Waals surface area (Å²) in [5.41, 5.74) is 4.07. The maximum absolute atomic E-state index is 14.4. The molecular formula is C35H37ClN2O2. The van der Waals surface area contributed by atoms with E-state index in [0.29, 0.717) is 24.5 Å². The number of nitrogens with zero attached hydrogens (tertiary/aromatic N) is 1. The summed E-state index contributed by atoms with van der Waals surface area (Å²) < 4.78 is 0. The highest BCUT2D eigenvalue weighted by atomic mass is 35.5. The molecule has 4 aromatic rings. The van der Waals surface area contributed by atoms with E-state index in [9.17, 15) is 9.59 Å². The highest BCUT2D eigenvalue weighted by molar-refractivity contribution is 6.30. The Hall–Kier alpha value is -3.89. The Kier molecular flexibility index (Phi) is 10.9. The largest absolute Gasteiger partial charge is 0.354 e. The van der Waals surface area contributed by atoms with Crippen molar-refractivity contribution in [1.82, 2.24) is 10.2 Å². The molecule has 2 amide bonds. The van der Waals surface area contributed by atoms with Crippen molar-refractivity contribution in [2.24, 2.45) is 0 Å². The van der Waals surface area contributed by atoms with Crippen LogP contribution in [0.2, 0.25) is 5.02 Å². The first kappa shape index (κ1) is 29.1. The summed E-state index contributed by atoms with van der Waals surface area (Å²) in [5, 5.41) is 3.73. The molecule has 206 valence electrons. The molecule has 4 nitrogen and oxygen atoms in total. The molecule has 0 spiro atoms. The molecular weight excluding hydrogens is 516 g/mol. The van der Waals surface area contributed by atoms with Crippen LogP contribution in [0.15, 0.2) is 115 Å². The van der Waals surface area contributed by atoms with Crippen molar-refractivity contribution in [3.63, 3.8) is 0 Å². The molecule has 0 aliphatic rings. The van der Waals surface area contributed by atoms with Gasteiger partial charge in [-0.05, 0) is 40.8 Å². The van der Waals surface area contributed by atoms with E-state index in [1.807, 2.05) is 91.0 Å². The van der Waals surface area contributed by atoms with Crippen molar-refractivity contribution in [2.45, 2.75) is 51.1 Å². The predicted octanol–water partition coefficient (Wildman–Crippen LogP) is 7.42. The molecule has 1 atom stereocenters. The van der Waals surface area contributed by atoms with Gasteiger partial charge in [0.1, 0.15) is 6.04 Å². The molecule has 1 N–H and O–H groups in total. The number of amides is 2. The molecule has 0 aliphatic carbocycles. The van der Waals surface area contributed by atoms with Gasteiger partial charge in [0.05, 0.1) is 0 Å². The normalized spacial score (nSPS) is 11.7. The van der Waals surface area contributed by atoms with E-state index in [1.165, 1.54) is 0 Å². The van der Waals surface area contributed by atoms with Gasteiger partial charge in [0, 0.05) is 36.9 Å². The minimum Gasteiger partial charge on any atom is -0.354 e. The fraction of sp³-hybridized carbons (Fsp3) is 0.257. The molecule has 0 heterocycles. The summed E-state index contributed by atoms with van der Waals surface area (Å²) in [5.74, 6) is -0.335. The van der Waals surface area contributed by atoms with Crippen LogP contribution < -0.4 is 5.32 Å². The summed E-state index contributed by atoms with van der Waals surface area (Å²) in [6, 6.07) is 37.0. The van der Waals surface area contributed by atoms with Gasteiger partial charge in [0.2, 0.25) is 11.8 Å². The third-order valence-electron chi connectivity index (χ3n) is 7.15. The van der Waals surface area contributed by atoms with E-state index in [0.717, 1.165) is 35.1 Å². The average molecular weight is 553 g/mol. The SMILES string of the molecule is CCCCNC(=O)[C@H](Cc1ccccc1)N(Cc1ccc(Cl)cc1)C(=O)CC(c1ccccc1)c1ccccc1. The molecule has 0 radical (unpaired) electrons. The quantitative estimate of drug-likeness (QED) is 0.175. The highest BCUT2D eigenvalue weighted by Gasteiger charge is 2.32. The van der Waals surface area contributed by atoms with Crippen molar-refractivity contribution in [3.05, 3.63) is 143 Å². The van der Waals surface area contributed by atoms with Crippen LogP contribution in [0.25, 0.3) is 0 Å². The van der Waals surface area contributed by atoms with Gasteiger partial charge in [-0.2, -0.15) is 0 Å². The Labute approximate surface area is 243 Å². The van der Waals surface area contributed by atoms with Crippen LogP contribution in [0, 0.1) is 0 Å². The zero-order valence-corrected chi connectivity index (χ0v) is 23.8. The van der Waals surface area contributed by atoms with E-state index in [-0.39, 0.29) is 24.2 Å². The molecule has 5 heteroatoms. The van der Waals surface area contributed by atoms with Crippen molar-refractivity contribution in [2.75, 3.05) is 6.54 Å². The molecule has 0 bridgehead atoms. The van der Waals surface area contributed by atoms with E-state index in [1.54, 1.807) is 4.90 Å². The fourth-order valence-corrected chi connectivity index (χ4v) is 5.06. The second-order valence-corrected chi connectivity index (χ2v) is 10.5. The predicted molar refractivity (Wildman–Crippen MR) is 163 cm³/mol. The Morgan fingerprint density at radius 2 is 1.30 bits per heavy atom. The van der Waals surface area contributed by atoms with E-state index in [2.05, 4.69) is 36.5 Å². The molecule has 0 fully saturated rings. The van der Waals surface area contributed by atoms with Crippen LogP contribution in [-0.4, -0.2) is 29.3 Å². The first-order chi connectivity index (χ1) is 19.5. The van der Waals surface area contributed by atoms with Gasteiger partial charge < -0.3 is 10.2 Å². The van der Waals surface area contributed by atoms with Gasteiger partial charge in [0.25, 0.3) is 0 Å². The summed E-state index contributed by atoms with van der Waals surface area (Å²) in [7, 11) is 0. The lowest BCUT2D eigenvalue weighted by Crippen LogP contribution is -2.51. The first-order valence-electron chi connectivity index (χ1n) is 14.0. The molecule has 4 rings (SSSR count). The lowest BCUT2D eigenvalue weighted by molar-refractivity contribution is -0.141. The van der Waals surface area contributed by atoms with Crippen LogP contribution in [0.4, 0.5) is 0 Å². The Morgan fingerprint density at radius 3 is 1.85 bits per heavy atom. The molecule has 4 aromatic carbocycles. The number of benzene rings is 4. The standard InChI is InChI=1S/C35H37ClN2O2/c1-2-3-23-37-35(40)33(24-27-13-7-4-8-14-27)38(26-28-19-21-31(36)22-20-28)34(39)25-32(29-15-9-5-10-16-29)30-17-11-6-12-18-30/h4-22,32-33H,2-3,23-26H2,1H3,(H,37,40)/t33-/m0/s1. The molecule has 40 heavy (non-hydrogen) atoms. The minimum absolute atomic E-state index is 0.0702. The topological polar surface area (TPSA) is 49.4 Å². The molecule has 0 saturated heterocycles. The molecule has 0 aromatic heterocycles. The van der Waals surface area contributed by atoms with Crippen molar-refractivity contribution >= 4 is 23.4 Å². The van der Waals surface area contributed by atoms with Crippen molar-refractivity contribution in [3.8, 4) is 0 Å². The summed E-state index contributed by atoms with van der Waals surface area (Å²) >= 11 is 6.16.